The maximum atomic E-state index is 14.3. The van der Waals surface area contributed by atoms with Gasteiger partial charge in [-0.3, -0.25) is 9.52 Å². The van der Waals surface area contributed by atoms with E-state index < -0.39 is 39.3 Å². The molecule has 0 aliphatic rings. The smallest absolute Gasteiger partial charge is 0.370 e. The number of nitriles is 1. The first-order chi connectivity index (χ1) is 15.3. The van der Waals surface area contributed by atoms with Gasteiger partial charge in [0.15, 0.2) is 0 Å². The number of amides is 1. The molecule has 8 nitrogen and oxygen atoms in total. The second-order valence-corrected chi connectivity index (χ2v) is 8.45. The second-order valence-electron chi connectivity index (χ2n) is 6.70. The Labute approximate surface area is 187 Å². The molecule has 0 saturated heterocycles. The molecule has 2 aromatic rings. The van der Waals surface area contributed by atoms with Crippen LogP contribution in [0.25, 0.3) is 6.08 Å². The number of rotatable bonds is 8. The molecule has 1 aromatic carbocycles. The SMILES string of the molecule is CCNc1nc(C(F)(F)F)ccc1/C=C\C(=O)NCc1cc(F)c(NS(C)(=O)=O)c(C#N)c1. The minimum absolute atomic E-state index is 0.0499. The van der Waals surface area contributed by atoms with E-state index in [1.807, 2.05) is 4.72 Å². The van der Waals surface area contributed by atoms with Crippen LogP contribution < -0.4 is 15.4 Å². The molecule has 1 amide bonds. The van der Waals surface area contributed by atoms with Crippen molar-refractivity contribution in [3.63, 3.8) is 0 Å². The maximum Gasteiger partial charge on any atom is 0.433 e. The van der Waals surface area contributed by atoms with Crippen LogP contribution in [0, 0.1) is 17.1 Å². The van der Waals surface area contributed by atoms with Gasteiger partial charge >= 0.3 is 6.18 Å². The summed E-state index contributed by atoms with van der Waals surface area (Å²) in [5, 5.41) is 14.3. The molecule has 3 N–H and O–H groups in total. The number of benzene rings is 1. The summed E-state index contributed by atoms with van der Waals surface area (Å²) in [4.78, 5) is 15.6. The van der Waals surface area contributed by atoms with E-state index in [-0.39, 0.29) is 29.1 Å². The zero-order chi connectivity index (χ0) is 24.8. The molecule has 0 aliphatic carbocycles. The number of hydrogen-bond acceptors (Lipinski definition) is 6. The Hall–Kier alpha value is -3.66. The first-order valence-electron chi connectivity index (χ1n) is 9.32. The van der Waals surface area contributed by atoms with E-state index in [1.54, 1.807) is 13.0 Å². The predicted molar refractivity (Wildman–Crippen MR) is 114 cm³/mol. The predicted octanol–water partition coefficient (Wildman–Crippen LogP) is 3.24. The van der Waals surface area contributed by atoms with Crippen LogP contribution in [-0.2, 0) is 27.5 Å². The average molecular weight is 485 g/mol. The molecule has 33 heavy (non-hydrogen) atoms. The fraction of sp³-hybridized carbons (Fsp3) is 0.250. The molecule has 0 aliphatic heterocycles. The Morgan fingerprint density at radius 1 is 1.27 bits per heavy atom. The summed E-state index contributed by atoms with van der Waals surface area (Å²) < 4.78 is 77.4. The van der Waals surface area contributed by atoms with Gasteiger partial charge in [-0.05, 0) is 42.8 Å². The van der Waals surface area contributed by atoms with Gasteiger partial charge in [0, 0.05) is 24.7 Å². The highest BCUT2D eigenvalue weighted by Crippen LogP contribution is 2.30. The molecule has 0 spiro atoms. The van der Waals surface area contributed by atoms with Crippen molar-refractivity contribution >= 4 is 33.5 Å². The van der Waals surface area contributed by atoms with Crippen molar-refractivity contribution < 1.29 is 30.8 Å². The van der Waals surface area contributed by atoms with Gasteiger partial charge in [-0.2, -0.15) is 18.4 Å². The average Bonchev–Trinajstić information content (AvgIpc) is 2.71. The van der Waals surface area contributed by atoms with E-state index in [1.165, 1.54) is 18.2 Å². The van der Waals surface area contributed by atoms with Crippen molar-refractivity contribution in [2.45, 2.75) is 19.6 Å². The lowest BCUT2D eigenvalue weighted by atomic mass is 10.1. The van der Waals surface area contributed by atoms with E-state index in [2.05, 4.69) is 15.6 Å². The summed E-state index contributed by atoms with van der Waals surface area (Å²) in [6, 6.07) is 5.81. The van der Waals surface area contributed by atoms with Crippen LogP contribution in [0.2, 0.25) is 0 Å². The van der Waals surface area contributed by atoms with Gasteiger partial charge in [0.05, 0.1) is 11.8 Å². The highest BCUT2D eigenvalue weighted by molar-refractivity contribution is 7.92. The van der Waals surface area contributed by atoms with E-state index in [0.29, 0.717) is 6.54 Å². The Bertz CT molecular complexity index is 1220. The van der Waals surface area contributed by atoms with Gasteiger partial charge in [0.2, 0.25) is 15.9 Å². The lowest BCUT2D eigenvalue weighted by Gasteiger charge is -2.11. The lowest BCUT2D eigenvalue weighted by molar-refractivity contribution is -0.141. The summed E-state index contributed by atoms with van der Waals surface area (Å²) in [6.45, 7) is 1.78. The maximum absolute atomic E-state index is 14.3. The van der Waals surface area contributed by atoms with E-state index in [4.69, 9.17) is 5.26 Å². The molecular formula is C20H19F4N5O3S. The molecule has 0 unspecified atom stereocenters. The zero-order valence-corrected chi connectivity index (χ0v) is 18.2. The fourth-order valence-electron chi connectivity index (χ4n) is 2.63. The molecule has 2 rings (SSSR count). The normalized spacial score (nSPS) is 11.8. The van der Waals surface area contributed by atoms with Gasteiger partial charge in [0.25, 0.3) is 0 Å². The summed E-state index contributed by atoms with van der Waals surface area (Å²) >= 11 is 0. The van der Waals surface area contributed by atoms with E-state index in [0.717, 1.165) is 24.5 Å². The molecule has 176 valence electrons. The summed E-state index contributed by atoms with van der Waals surface area (Å²) in [6.07, 6.45) is -1.48. The monoisotopic (exact) mass is 485 g/mol. The molecule has 0 fully saturated rings. The summed E-state index contributed by atoms with van der Waals surface area (Å²) in [5.74, 6) is -1.69. The Balaban J connectivity index is 2.15. The number of anilines is 2. The van der Waals surface area contributed by atoms with Gasteiger partial charge in [-0.1, -0.05) is 0 Å². The van der Waals surface area contributed by atoms with Crippen LogP contribution in [0.4, 0.5) is 29.1 Å². The van der Waals surface area contributed by atoms with Crippen molar-refractivity contribution in [2.75, 3.05) is 22.8 Å². The molecule has 13 heteroatoms. The molecule has 0 radical (unpaired) electrons. The fourth-order valence-corrected chi connectivity index (χ4v) is 3.21. The topological polar surface area (TPSA) is 124 Å². The summed E-state index contributed by atoms with van der Waals surface area (Å²) in [7, 11) is -3.82. The molecular weight excluding hydrogens is 466 g/mol. The highest BCUT2D eigenvalue weighted by atomic mass is 32.2. The van der Waals surface area contributed by atoms with Crippen LogP contribution >= 0.6 is 0 Å². The minimum Gasteiger partial charge on any atom is -0.370 e. The van der Waals surface area contributed by atoms with Crippen LogP contribution in [-0.4, -0.2) is 32.1 Å². The second kappa shape index (κ2) is 10.3. The largest absolute Gasteiger partial charge is 0.433 e. The van der Waals surface area contributed by atoms with Crippen molar-refractivity contribution in [3.05, 3.63) is 58.5 Å². The first kappa shape index (κ1) is 25.6. The molecule has 0 saturated carbocycles. The molecule has 1 aromatic heterocycles. The van der Waals surface area contributed by atoms with Crippen LogP contribution in [0.15, 0.2) is 30.3 Å². The Morgan fingerprint density at radius 2 is 1.97 bits per heavy atom. The van der Waals surface area contributed by atoms with Crippen molar-refractivity contribution in [1.82, 2.24) is 10.3 Å². The number of nitrogens with one attached hydrogen (secondary N) is 3. The number of alkyl halides is 3. The summed E-state index contributed by atoms with van der Waals surface area (Å²) in [5.41, 5.74) is -1.42. The lowest BCUT2D eigenvalue weighted by Crippen LogP contribution is -2.21. The van der Waals surface area contributed by atoms with Crippen LogP contribution in [0.5, 0.6) is 0 Å². The molecule has 0 bridgehead atoms. The number of sulfonamides is 1. The first-order valence-corrected chi connectivity index (χ1v) is 11.2. The number of nitrogens with zero attached hydrogens (tertiary/aromatic N) is 2. The highest BCUT2D eigenvalue weighted by Gasteiger charge is 2.32. The number of halogens is 4. The standard InChI is InChI=1S/C20H19F4N5O3S/c1-3-26-19-13(4-6-16(28-19)20(22,23)24)5-7-17(30)27-11-12-8-14(10-25)18(15(21)9-12)29-33(2,31)32/h4-9,29H,3,11H2,1-2H3,(H,26,28)(H,27,30)/b7-5-. The zero-order valence-electron chi connectivity index (χ0n) is 17.4. The quantitative estimate of drug-likeness (QED) is 0.390. The van der Waals surface area contributed by atoms with Crippen LogP contribution in [0.1, 0.15) is 29.3 Å². The number of carbonyl (C=O) groups excluding carboxylic acids is 1. The van der Waals surface area contributed by atoms with Gasteiger partial charge in [-0.25, -0.2) is 17.8 Å². The van der Waals surface area contributed by atoms with Crippen LogP contribution in [0.3, 0.4) is 0 Å². The third-order valence-corrected chi connectivity index (χ3v) is 4.57. The molecule has 1 heterocycles. The van der Waals surface area contributed by atoms with Crippen molar-refractivity contribution in [3.8, 4) is 6.07 Å². The van der Waals surface area contributed by atoms with E-state index >= 15 is 0 Å². The molecule has 0 atom stereocenters. The van der Waals surface area contributed by atoms with E-state index in [9.17, 15) is 30.8 Å². The van der Waals surface area contributed by atoms with Gasteiger partial charge in [-0.15, -0.1) is 0 Å². The number of hydrogen-bond donors (Lipinski definition) is 3. The number of carbonyl (C=O) groups is 1. The minimum atomic E-state index is -4.62. The van der Waals surface area contributed by atoms with Gasteiger partial charge in [0.1, 0.15) is 29.1 Å². The van der Waals surface area contributed by atoms with Gasteiger partial charge < -0.3 is 10.6 Å². The van der Waals surface area contributed by atoms with Crippen molar-refractivity contribution in [1.29, 1.82) is 5.26 Å². The van der Waals surface area contributed by atoms with Crippen molar-refractivity contribution in [2.24, 2.45) is 0 Å². The Kier molecular flexibility index (Phi) is 7.99. The number of pyridine rings is 1. The Morgan fingerprint density at radius 3 is 2.55 bits per heavy atom. The third kappa shape index (κ3) is 7.46. The number of aromatic nitrogens is 1. The third-order valence-electron chi connectivity index (χ3n) is 4.00.